The van der Waals surface area contributed by atoms with Gasteiger partial charge in [0.05, 0.1) is 17.6 Å². The lowest BCUT2D eigenvalue weighted by Crippen LogP contribution is -2.25. The summed E-state index contributed by atoms with van der Waals surface area (Å²) in [4.78, 5) is 10.0. The van der Waals surface area contributed by atoms with Gasteiger partial charge in [0.25, 0.3) is 5.69 Å². The number of non-ortho nitro benzene ring substituents is 1. The zero-order valence-corrected chi connectivity index (χ0v) is 10.3. The summed E-state index contributed by atoms with van der Waals surface area (Å²) in [5.74, 6) is 0. The first kappa shape index (κ1) is 14.6. The molecule has 1 aromatic rings. The molecule has 1 atom stereocenters. The summed E-state index contributed by atoms with van der Waals surface area (Å²) in [6.07, 6.45) is -0.674. The van der Waals surface area contributed by atoms with Crippen LogP contribution in [0.4, 0.5) is 5.69 Å². The van der Waals surface area contributed by atoms with Gasteiger partial charge < -0.3 is 15.2 Å². The van der Waals surface area contributed by atoms with E-state index in [1.807, 2.05) is 6.92 Å². The summed E-state index contributed by atoms with van der Waals surface area (Å²) in [7, 11) is 0. The van der Waals surface area contributed by atoms with Crippen molar-refractivity contribution in [2.45, 2.75) is 13.0 Å². The summed E-state index contributed by atoms with van der Waals surface area (Å²) in [6.45, 7) is 4.25. The fourth-order valence-corrected chi connectivity index (χ4v) is 1.46. The van der Waals surface area contributed by atoms with Gasteiger partial charge in [0.15, 0.2) is 0 Å². The van der Waals surface area contributed by atoms with E-state index in [0.29, 0.717) is 31.9 Å². The van der Waals surface area contributed by atoms with Crippen LogP contribution in [0.1, 0.15) is 18.6 Å². The number of hydrogen-bond donors (Lipinski definition) is 2. The molecule has 0 aliphatic heterocycles. The maximum Gasteiger partial charge on any atom is 0.269 e. The van der Waals surface area contributed by atoms with E-state index in [9.17, 15) is 15.2 Å². The molecule has 1 aromatic carbocycles. The number of nitrogens with zero attached hydrogens (tertiary/aromatic N) is 1. The molecule has 18 heavy (non-hydrogen) atoms. The first-order valence-corrected chi connectivity index (χ1v) is 5.86. The molecular formula is C12H18N2O4. The summed E-state index contributed by atoms with van der Waals surface area (Å²) < 4.78 is 5.14. The van der Waals surface area contributed by atoms with Crippen molar-refractivity contribution in [1.82, 2.24) is 5.32 Å². The van der Waals surface area contributed by atoms with Crippen molar-refractivity contribution < 1.29 is 14.8 Å². The smallest absolute Gasteiger partial charge is 0.269 e. The minimum Gasteiger partial charge on any atom is -0.387 e. The van der Waals surface area contributed by atoms with E-state index < -0.39 is 11.0 Å². The van der Waals surface area contributed by atoms with Gasteiger partial charge >= 0.3 is 0 Å². The average Bonchev–Trinajstić information content (AvgIpc) is 2.38. The molecule has 6 nitrogen and oxygen atoms in total. The molecule has 0 spiro atoms. The molecule has 0 saturated carbocycles. The van der Waals surface area contributed by atoms with E-state index in [2.05, 4.69) is 5.32 Å². The van der Waals surface area contributed by atoms with Gasteiger partial charge in [0.2, 0.25) is 0 Å². The Morgan fingerprint density at radius 2 is 2.11 bits per heavy atom. The Bertz CT molecular complexity index is 367. The van der Waals surface area contributed by atoms with E-state index in [1.165, 1.54) is 12.1 Å². The quantitative estimate of drug-likeness (QED) is 0.414. The third kappa shape index (κ3) is 4.79. The molecular weight excluding hydrogens is 236 g/mol. The van der Waals surface area contributed by atoms with Crippen LogP contribution in [0.3, 0.4) is 0 Å². The second kappa shape index (κ2) is 7.75. The second-order valence-corrected chi connectivity index (χ2v) is 3.77. The lowest BCUT2D eigenvalue weighted by Gasteiger charge is -2.12. The highest BCUT2D eigenvalue weighted by Crippen LogP contribution is 2.17. The van der Waals surface area contributed by atoms with Gasteiger partial charge in [-0.05, 0) is 24.6 Å². The van der Waals surface area contributed by atoms with Gasteiger partial charge in [-0.3, -0.25) is 10.1 Å². The Morgan fingerprint density at radius 1 is 1.44 bits per heavy atom. The largest absolute Gasteiger partial charge is 0.387 e. The summed E-state index contributed by atoms with van der Waals surface area (Å²) in [5.41, 5.74) is 0.680. The van der Waals surface area contributed by atoms with Crippen LogP contribution in [-0.4, -0.2) is 36.3 Å². The minimum absolute atomic E-state index is 0.0234. The monoisotopic (exact) mass is 254 g/mol. The van der Waals surface area contributed by atoms with E-state index in [-0.39, 0.29) is 5.69 Å². The number of hydrogen-bond acceptors (Lipinski definition) is 5. The lowest BCUT2D eigenvalue weighted by molar-refractivity contribution is -0.384. The van der Waals surface area contributed by atoms with Crippen LogP contribution in [0, 0.1) is 10.1 Å². The third-order valence-corrected chi connectivity index (χ3v) is 2.45. The van der Waals surface area contributed by atoms with Gasteiger partial charge in [0.1, 0.15) is 0 Å². The number of nitro benzene ring substituents is 1. The topological polar surface area (TPSA) is 84.6 Å². The Morgan fingerprint density at radius 3 is 2.67 bits per heavy atom. The van der Waals surface area contributed by atoms with Crippen molar-refractivity contribution >= 4 is 5.69 Å². The number of nitrogens with one attached hydrogen (secondary N) is 1. The molecule has 1 unspecified atom stereocenters. The molecule has 0 amide bonds. The van der Waals surface area contributed by atoms with Gasteiger partial charge in [-0.2, -0.15) is 0 Å². The predicted octanol–water partition coefficient (Wildman–Crippen LogP) is 1.25. The predicted molar refractivity (Wildman–Crippen MR) is 67.4 cm³/mol. The standard InChI is InChI=1S/C12H18N2O4/c1-2-18-8-7-13-9-12(15)10-3-5-11(6-4-10)14(16)17/h3-6,12-13,15H,2,7-9H2,1H3. The molecule has 0 aliphatic rings. The van der Waals surface area contributed by atoms with Crippen LogP contribution >= 0.6 is 0 Å². The van der Waals surface area contributed by atoms with Crippen LogP contribution in [0.5, 0.6) is 0 Å². The molecule has 2 N–H and O–H groups in total. The first-order chi connectivity index (χ1) is 8.65. The van der Waals surface area contributed by atoms with Crippen molar-refractivity contribution in [2.24, 2.45) is 0 Å². The number of aliphatic hydroxyl groups is 1. The molecule has 0 bridgehead atoms. The van der Waals surface area contributed by atoms with Crippen molar-refractivity contribution in [1.29, 1.82) is 0 Å². The Hall–Kier alpha value is -1.50. The SMILES string of the molecule is CCOCCNCC(O)c1ccc([N+](=O)[O-])cc1. The molecule has 0 saturated heterocycles. The zero-order valence-electron chi connectivity index (χ0n) is 10.3. The van der Waals surface area contributed by atoms with E-state index in [0.717, 1.165) is 0 Å². The Balaban J connectivity index is 2.37. The molecule has 100 valence electrons. The Kier molecular flexibility index (Phi) is 6.27. The highest BCUT2D eigenvalue weighted by molar-refractivity contribution is 5.33. The number of nitro groups is 1. The summed E-state index contributed by atoms with van der Waals surface area (Å²) >= 11 is 0. The molecule has 0 radical (unpaired) electrons. The van der Waals surface area contributed by atoms with Crippen molar-refractivity contribution in [2.75, 3.05) is 26.3 Å². The van der Waals surface area contributed by atoms with E-state index in [1.54, 1.807) is 12.1 Å². The average molecular weight is 254 g/mol. The molecule has 0 fully saturated rings. The molecule has 0 heterocycles. The molecule has 0 aromatic heterocycles. The second-order valence-electron chi connectivity index (χ2n) is 3.77. The number of rotatable bonds is 8. The van der Waals surface area contributed by atoms with Crippen LogP contribution in [-0.2, 0) is 4.74 Å². The fraction of sp³-hybridized carbons (Fsp3) is 0.500. The van der Waals surface area contributed by atoms with Gasteiger partial charge in [-0.25, -0.2) is 0 Å². The maximum absolute atomic E-state index is 10.5. The molecule has 0 aliphatic carbocycles. The van der Waals surface area contributed by atoms with Crippen LogP contribution in [0.25, 0.3) is 0 Å². The van der Waals surface area contributed by atoms with E-state index in [4.69, 9.17) is 4.74 Å². The van der Waals surface area contributed by atoms with E-state index >= 15 is 0 Å². The lowest BCUT2D eigenvalue weighted by atomic mass is 10.1. The Labute approximate surface area is 106 Å². The highest BCUT2D eigenvalue weighted by atomic mass is 16.6. The van der Waals surface area contributed by atoms with Gasteiger partial charge in [-0.1, -0.05) is 0 Å². The highest BCUT2D eigenvalue weighted by Gasteiger charge is 2.09. The first-order valence-electron chi connectivity index (χ1n) is 5.86. The molecule has 1 rings (SSSR count). The summed E-state index contributed by atoms with van der Waals surface area (Å²) in [6, 6.07) is 5.90. The minimum atomic E-state index is -0.674. The number of aliphatic hydroxyl groups excluding tert-OH is 1. The van der Waals surface area contributed by atoms with Crippen LogP contribution in [0.2, 0.25) is 0 Å². The maximum atomic E-state index is 10.5. The fourth-order valence-electron chi connectivity index (χ4n) is 1.46. The number of ether oxygens (including phenoxy) is 1. The van der Waals surface area contributed by atoms with Crippen molar-refractivity contribution in [3.05, 3.63) is 39.9 Å². The van der Waals surface area contributed by atoms with Crippen LogP contribution < -0.4 is 5.32 Å². The number of benzene rings is 1. The molecule has 6 heteroatoms. The van der Waals surface area contributed by atoms with Crippen molar-refractivity contribution in [3.8, 4) is 0 Å². The zero-order chi connectivity index (χ0) is 13.4. The normalized spacial score (nSPS) is 12.3. The summed E-state index contributed by atoms with van der Waals surface area (Å²) in [5, 5.41) is 23.4. The van der Waals surface area contributed by atoms with Gasteiger partial charge in [-0.15, -0.1) is 0 Å². The van der Waals surface area contributed by atoms with Crippen LogP contribution in [0.15, 0.2) is 24.3 Å². The van der Waals surface area contributed by atoms with Gasteiger partial charge in [0, 0.05) is 31.8 Å². The third-order valence-electron chi connectivity index (χ3n) is 2.45. The van der Waals surface area contributed by atoms with Crippen molar-refractivity contribution in [3.63, 3.8) is 0 Å².